The van der Waals surface area contributed by atoms with Gasteiger partial charge in [-0.1, -0.05) is 23.7 Å². The summed E-state index contributed by atoms with van der Waals surface area (Å²) in [4.78, 5) is 17.7. The Hall–Kier alpha value is -2.35. The van der Waals surface area contributed by atoms with Gasteiger partial charge in [-0.2, -0.15) is 13.2 Å². The first-order valence-corrected chi connectivity index (χ1v) is 7.96. The van der Waals surface area contributed by atoms with Crippen LogP contribution in [0.4, 0.5) is 17.6 Å². The Kier molecular flexibility index (Phi) is 6.42. The first-order valence-electron chi connectivity index (χ1n) is 7.58. The van der Waals surface area contributed by atoms with Crippen molar-refractivity contribution in [2.24, 2.45) is 0 Å². The molecule has 2 rings (SSSR count). The van der Waals surface area contributed by atoms with Crippen LogP contribution in [-0.2, 0) is 6.54 Å². The van der Waals surface area contributed by atoms with Crippen LogP contribution >= 0.6 is 11.6 Å². The van der Waals surface area contributed by atoms with Crippen LogP contribution in [0.5, 0.6) is 5.88 Å². The van der Waals surface area contributed by atoms with Crippen molar-refractivity contribution in [2.45, 2.75) is 19.6 Å². The number of carbonyl (C=O) groups excluding carboxylic acids is 1. The Morgan fingerprint density at radius 1 is 1.31 bits per heavy atom. The Balaban J connectivity index is 2.13. The fourth-order valence-corrected chi connectivity index (χ4v) is 2.39. The molecule has 0 spiro atoms. The largest absolute Gasteiger partial charge is 0.467 e. The third-order valence-electron chi connectivity index (χ3n) is 3.36. The summed E-state index contributed by atoms with van der Waals surface area (Å²) in [6, 6.07) is 7.02. The molecule has 1 aromatic heterocycles. The van der Waals surface area contributed by atoms with Gasteiger partial charge in [0.25, 0.3) is 5.91 Å². The highest BCUT2D eigenvalue weighted by Crippen LogP contribution is 2.25. The van der Waals surface area contributed by atoms with Gasteiger partial charge in [0, 0.05) is 19.3 Å². The molecule has 0 bridgehead atoms. The summed E-state index contributed by atoms with van der Waals surface area (Å²) in [5, 5.41) is -0.207. The van der Waals surface area contributed by atoms with E-state index < -0.39 is 30.4 Å². The number of benzene rings is 1. The van der Waals surface area contributed by atoms with Crippen molar-refractivity contribution in [3.8, 4) is 5.88 Å². The molecule has 9 heteroatoms. The van der Waals surface area contributed by atoms with Crippen LogP contribution in [0.2, 0.25) is 5.02 Å². The van der Waals surface area contributed by atoms with E-state index in [1.54, 1.807) is 13.0 Å². The molecule has 0 fully saturated rings. The molecule has 0 saturated carbocycles. The van der Waals surface area contributed by atoms with Crippen molar-refractivity contribution in [3.05, 3.63) is 58.5 Å². The van der Waals surface area contributed by atoms with E-state index in [0.717, 1.165) is 6.20 Å². The molecule has 0 saturated heterocycles. The monoisotopic (exact) mass is 390 g/mol. The molecule has 4 nitrogen and oxygen atoms in total. The number of hydrogen-bond donors (Lipinski definition) is 0. The molecule has 1 heterocycles. The standard InChI is InChI=1S/C17H15ClF4N2O2/c1-2-24(9-11-4-3-5-13(19)6-11)16(25)12-7-14(18)15(23-8-12)26-10-17(20,21)22/h3-8H,2,9-10H2,1H3. The van der Waals surface area contributed by atoms with Gasteiger partial charge >= 0.3 is 6.18 Å². The Morgan fingerprint density at radius 2 is 2.04 bits per heavy atom. The summed E-state index contributed by atoms with van der Waals surface area (Å²) in [7, 11) is 0. The van der Waals surface area contributed by atoms with E-state index in [0.29, 0.717) is 12.1 Å². The highest BCUT2D eigenvalue weighted by atomic mass is 35.5. The number of carbonyl (C=O) groups is 1. The predicted octanol–water partition coefficient (Wildman–Crippen LogP) is 4.48. The number of amides is 1. The maximum absolute atomic E-state index is 13.3. The van der Waals surface area contributed by atoms with E-state index in [-0.39, 0.29) is 17.1 Å². The van der Waals surface area contributed by atoms with Gasteiger partial charge in [0.2, 0.25) is 5.88 Å². The minimum atomic E-state index is -4.52. The average Bonchev–Trinajstić information content (AvgIpc) is 2.57. The van der Waals surface area contributed by atoms with E-state index >= 15 is 0 Å². The molecule has 140 valence electrons. The Morgan fingerprint density at radius 3 is 2.62 bits per heavy atom. The molecule has 2 aromatic rings. The molecule has 1 aromatic carbocycles. The number of rotatable bonds is 6. The van der Waals surface area contributed by atoms with Crippen molar-refractivity contribution in [2.75, 3.05) is 13.2 Å². The number of nitrogens with zero attached hydrogens (tertiary/aromatic N) is 2. The highest BCUT2D eigenvalue weighted by Gasteiger charge is 2.29. The first-order chi connectivity index (χ1) is 12.2. The molecule has 0 aliphatic heterocycles. The lowest BCUT2D eigenvalue weighted by atomic mass is 10.2. The van der Waals surface area contributed by atoms with Crippen molar-refractivity contribution in [3.63, 3.8) is 0 Å². The molecule has 0 N–H and O–H groups in total. The van der Waals surface area contributed by atoms with Gasteiger partial charge in [0.05, 0.1) is 5.56 Å². The first kappa shape index (κ1) is 20.0. The Labute approximate surface area is 152 Å². The number of aromatic nitrogens is 1. The van der Waals surface area contributed by atoms with Crippen molar-refractivity contribution < 1.29 is 27.1 Å². The summed E-state index contributed by atoms with van der Waals surface area (Å²) in [5.41, 5.74) is 0.692. The van der Waals surface area contributed by atoms with Crippen LogP contribution in [0.15, 0.2) is 36.5 Å². The number of hydrogen-bond acceptors (Lipinski definition) is 3. The van der Waals surface area contributed by atoms with Gasteiger partial charge in [0.15, 0.2) is 6.61 Å². The van der Waals surface area contributed by atoms with Crippen LogP contribution < -0.4 is 4.74 Å². The number of alkyl halides is 3. The zero-order valence-electron chi connectivity index (χ0n) is 13.7. The number of pyridine rings is 1. The fourth-order valence-electron chi connectivity index (χ4n) is 2.16. The number of ether oxygens (including phenoxy) is 1. The topological polar surface area (TPSA) is 42.4 Å². The van der Waals surface area contributed by atoms with E-state index in [4.69, 9.17) is 11.6 Å². The van der Waals surface area contributed by atoms with Crippen LogP contribution in [-0.4, -0.2) is 35.1 Å². The third-order valence-corrected chi connectivity index (χ3v) is 3.63. The molecule has 0 aliphatic carbocycles. The quantitative estimate of drug-likeness (QED) is 0.683. The van der Waals surface area contributed by atoms with Crippen molar-refractivity contribution in [1.29, 1.82) is 0 Å². The maximum Gasteiger partial charge on any atom is 0.422 e. The van der Waals surface area contributed by atoms with E-state index in [1.165, 1.54) is 29.2 Å². The Bertz CT molecular complexity index is 784. The van der Waals surface area contributed by atoms with Crippen LogP contribution in [0, 0.1) is 5.82 Å². The second kappa shape index (κ2) is 8.35. The fraction of sp³-hybridized carbons (Fsp3) is 0.294. The minimum absolute atomic E-state index is 0.0904. The van der Waals surface area contributed by atoms with Gasteiger partial charge < -0.3 is 9.64 Å². The molecule has 0 unspecified atom stereocenters. The second-order valence-electron chi connectivity index (χ2n) is 5.36. The van der Waals surface area contributed by atoms with Gasteiger partial charge in [-0.15, -0.1) is 0 Å². The van der Waals surface area contributed by atoms with E-state index in [1.807, 2.05) is 0 Å². The van der Waals surface area contributed by atoms with Gasteiger partial charge in [-0.25, -0.2) is 9.37 Å². The van der Waals surface area contributed by atoms with Gasteiger partial charge in [-0.05, 0) is 30.7 Å². The third kappa shape index (κ3) is 5.59. The summed E-state index contributed by atoms with van der Waals surface area (Å²) in [6.45, 7) is 0.705. The molecule has 0 radical (unpaired) electrons. The lowest BCUT2D eigenvalue weighted by Gasteiger charge is -2.21. The summed E-state index contributed by atoms with van der Waals surface area (Å²) < 4.78 is 54.3. The van der Waals surface area contributed by atoms with Crippen LogP contribution in [0.3, 0.4) is 0 Å². The molecular weight excluding hydrogens is 376 g/mol. The predicted molar refractivity (Wildman–Crippen MR) is 87.6 cm³/mol. The van der Waals surface area contributed by atoms with Crippen molar-refractivity contribution in [1.82, 2.24) is 9.88 Å². The summed E-state index contributed by atoms with van der Waals surface area (Å²) in [6.07, 6.45) is -3.43. The lowest BCUT2D eigenvalue weighted by molar-refractivity contribution is -0.154. The van der Waals surface area contributed by atoms with Crippen LogP contribution in [0.25, 0.3) is 0 Å². The maximum atomic E-state index is 13.3. The van der Waals surface area contributed by atoms with E-state index in [9.17, 15) is 22.4 Å². The SMILES string of the molecule is CCN(Cc1cccc(F)c1)C(=O)c1cnc(OCC(F)(F)F)c(Cl)c1. The normalized spacial score (nSPS) is 11.3. The average molecular weight is 391 g/mol. The van der Waals surface area contributed by atoms with Crippen LogP contribution in [0.1, 0.15) is 22.8 Å². The molecule has 26 heavy (non-hydrogen) atoms. The molecule has 0 atom stereocenters. The lowest BCUT2D eigenvalue weighted by Crippen LogP contribution is -2.30. The second-order valence-corrected chi connectivity index (χ2v) is 5.77. The molecular formula is C17H15ClF4N2O2. The van der Waals surface area contributed by atoms with Crippen molar-refractivity contribution >= 4 is 17.5 Å². The van der Waals surface area contributed by atoms with E-state index in [2.05, 4.69) is 9.72 Å². The summed E-state index contributed by atoms with van der Waals surface area (Å²) >= 11 is 5.86. The molecule has 0 aliphatic rings. The highest BCUT2D eigenvalue weighted by molar-refractivity contribution is 6.32. The summed E-state index contributed by atoms with van der Waals surface area (Å²) in [5.74, 6) is -1.26. The number of halogens is 5. The van der Waals surface area contributed by atoms with Gasteiger partial charge in [-0.3, -0.25) is 4.79 Å². The van der Waals surface area contributed by atoms with Gasteiger partial charge in [0.1, 0.15) is 10.8 Å². The zero-order chi connectivity index (χ0) is 19.3. The zero-order valence-corrected chi connectivity index (χ0v) is 14.4. The smallest absolute Gasteiger partial charge is 0.422 e. The molecule has 1 amide bonds. The minimum Gasteiger partial charge on any atom is -0.467 e.